The zero-order chi connectivity index (χ0) is 60.9. The third-order valence-electron chi connectivity index (χ3n) is 12.0. The first-order valence-corrected chi connectivity index (χ1v) is 27.6. The fraction of sp³-hybridized carbons (Fsp3) is 0.725. The van der Waals surface area contributed by atoms with Crippen LogP contribution in [0.5, 0.6) is 0 Å². The van der Waals surface area contributed by atoms with Gasteiger partial charge in [-0.1, -0.05) is 0 Å². The molecule has 0 radical (unpaired) electrons. The lowest BCUT2D eigenvalue weighted by Gasteiger charge is -2.22. The molecule has 0 aliphatic rings. The fourth-order valence-electron chi connectivity index (χ4n) is 7.60. The Bertz CT molecular complexity index is 2130. The number of amides is 3. The van der Waals surface area contributed by atoms with Gasteiger partial charge in [-0.05, 0) is 83.7 Å². The summed E-state index contributed by atoms with van der Waals surface area (Å²) < 4.78 is 32.8. The average Bonchev–Trinajstić information content (AvgIpc) is 3.47. The molecule has 31 nitrogen and oxygen atoms in total. The molecular weight excluding hydrogens is 1080 g/mol. The average molecular weight is 1170 g/mol. The second-order valence-corrected chi connectivity index (χ2v) is 18.8. The van der Waals surface area contributed by atoms with Crippen LogP contribution < -0.4 is 61.8 Å². The Morgan fingerprint density at radius 2 is 0.902 bits per heavy atom. The van der Waals surface area contributed by atoms with Crippen molar-refractivity contribution in [3.05, 3.63) is 11.4 Å². The van der Waals surface area contributed by atoms with E-state index in [-0.39, 0.29) is 88.9 Å². The summed E-state index contributed by atoms with van der Waals surface area (Å²) in [6, 6.07) is -2.39. The lowest BCUT2D eigenvalue weighted by molar-refractivity contribution is -0.139. The molecule has 0 bridgehead atoms. The van der Waals surface area contributed by atoms with E-state index in [1.54, 1.807) is 0 Å². The number of ether oxygens (including phenoxy) is 6. The minimum atomic E-state index is -1.33. The van der Waals surface area contributed by atoms with Crippen LogP contribution in [0, 0.1) is 11.8 Å². The Balaban J connectivity index is 3.15. The largest absolute Gasteiger partial charge is 0.481 e. The maximum absolute atomic E-state index is 13.9. The van der Waals surface area contributed by atoms with E-state index in [2.05, 4.69) is 35.9 Å². The number of aliphatic imine (C=N–C) groups is 2. The van der Waals surface area contributed by atoms with Crippen molar-refractivity contribution < 1.29 is 77.0 Å². The Kier molecular flexibility index (Phi) is 40.9. The van der Waals surface area contributed by atoms with Gasteiger partial charge < -0.3 is 100 Å². The van der Waals surface area contributed by atoms with E-state index in [1.165, 1.54) is 0 Å². The number of nitrogens with one attached hydrogen (secondary N) is 3. The standard InChI is InChI=1S/C51H91N15O16/c52-15-5-21-78-25-29-81-28-24-77-20-2-1-10-38(67)36(8-3-17-61-50(56)57)63-48(75)35(12-14-42(72)73)33-40(69)43-45(54)66-44(46(55)65-43)49(76)64-37(9-4-18-62-51(58)59)39(68)32-34(11-13-41(70)71)47(74)60-19-7-23-80-27-31-82-30-26-79-22-6-16-53/h34-37H,1-33,52-53H2,(H2,54,66)(H2,55,65)(H,60,74)(H,63,75)(H,64,76)(H,70,71)(H,72,73)(H4,56,57,61)(H4,58,59,62)/t34?,35-,36?,37+/m1/s1. The monoisotopic (exact) mass is 1170 g/mol. The summed E-state index contributed by atoms with van der Waals surface area (Å²) >= 11 is 0. The highest BCUT2D eigenvalue weighted by atomic mass is 16.5. The lowest BCUT2D eigenvalue weighted by atomic mass is 9.91. The Morgan fingerprint density at radius 3 is 1.38 bits per heavy atom. The topological polar surface area (TPSA) is 527 Å². The van der Waals surface area contributed by atoms with Gasteiger partial charge in [0.05, 0.1) is 64.9 Å². The van der Waals surface area contributed by atoms with Gasteiger partial charge in [0.1, 0.15) is 0 Å². The van der Waals surface area contributed by atoms with Gasteiger partial charge in [0.25, 0.3) is 5.91 Å². The Morgan fingerprint density at radius 1 is 0.476 bits per heavy atom. The number of Topliss-reactive ketones (excluding diaryl/α,β-unsaturated/α-hetero) is 3. The van der Waals surface area contributed by atoms with Crippen LogP contribution in [0.25, 0.3) is 0 Å². The molecule has 0 saturated heterocycles. The van der Waals surface area contributed by atoms with Crippen LogP contribution >= 0.6 is 0 Å². The van der Waals surface area contributed by atoms with Gasteiger partial charge in [0.2, 0.25) is 11.8 Å². The third-order valence-corrected chi connectivity index (χ3v) is 12.0. The number of ketones is 3. The molecule has 82 heavy (non-hydrogen) atoms. The molecule has 0 spiro atoms. The number of guanidine groups is 2. The predicted octanol–water partition coefficient (Wildman–Crippen LogP) is -2.13. The van der Waals surface area contributed by atoms with Gasteiger partial charge in [0, 0.05) is 90.0 Å². The number of rotatable bonds is 53. The van der Waals surface area contributed by atoms with E-state index < -0.39 is 114 Å². The second-order valence-electron chi connectivity index (χ2n) is 18.8. The summed E-state index contributed by atoms with van der Waals surface area (Å²) in [4.78, 5) is 122. The molecule has 1 aromatic heterocycles. The number of carbonyl (C=O) groups excluding carboxylic acids is 6. The predicted molar refractivity (Wildman–Crippen MR) is 302 cm³/mol. The number of carbonyl (C=O) groups is 8. The number of carboxylic acid groups (broad SMARTS) is 2. The summed E-state index contributed by atoms with van der Waals surface area (Å²) in [6.45, 7) is 6.15. The maximum Gasteiger partial charge on any atom is 0.303 e. The highest BCUT2D eigenvalue weighted by molar-refractivity contribution is 6.04. The van der Waals surface area contributed by atoms with Crippen LogP contribution in [-0.2, 0) is 57.2 Å². The number of nitrogens with zero attached hydrogens (tertiary/aromatic N) is 4. The van der Waals surface area contributed by atoms with Crippen LogP contribution in [0.1, 0.15) is 124 Å². The molecule has 31 heteroatoms. The molecule has 1 rings (SSSR count). The van der Waals surface area contributed by atoms with Crippen molar-refractivity contribution in [3.63, 3.8) is 0 Å². The molecule has 0 saturated carbocycles. The molecule has 0 aliphatic heterocycles. The summed E-state index contributed by atoms with van der Waals surface area (Å²) in [7, 11) is 0. The van der Waals surface area contributed by atoms with Gasteiger partial charge in [-0.15, -0.1) is 0 Å². The summed E-state index contributed by atoms with van der Waals surface area (Å²) in [5.41, 5.74) is 43.9. The molecule has 0 fully saturated rings. The quantitative estimate of drug-likeness (QED) is 0.0143. The minimum absolute atomic E-state index is 0.0396. The van der Waals surface area contributed by atoms with Gasteiger partial charge in [-0.25, -0.2) is 9.97 Å². The van der Waals surface area contributed by atoms with Gasteiger partial charge >= 0.3 is 11.9 Å². The van der Waals surface area contributed by atoms with Gasteiger partial charge in [-0.2, -0.15) is 0 Å². The van der Waals surface area contributed by atoms with Crippen molar-refractivity contribution in [3.8, 4) is 0 Å². The molecule has 1 heterocycles. The number of hydrogen-bond donors (Lipinski definition) is 13. The first-order valence-electron chi connectivity index (χ1n) is 27.6. The van der Waals surface area contributed by atoms with E-state index in [1.807, 2.05) is 0 Å². The maximum atomic E-state index is 13.9. The number of nitrogens with two attached hydrogens (primary N) is 8. The third kappa shape index (κ3) is 35.9. The molecule has 21 N–H and O–H groups in total. The molecular formula is C51H91N15O16. The molecule has 466 valence electrons. The number of aliphatic carboxylic acids is 2. The molecule has 2 unspecified atom stereocenters. The van der Waals surface area contributed by atoms with E-state index >= 15 is 0 Å². The fourth-order valence-corrected chi connectivity index (χ4v) is 7.60. The lowest BCUT2D eigenvalue weighted by Crippen LogP contribution is -2.44. The number of aromatic nitrogens is 2. The Hall–Kier alpha value is -6.74. The normalized spacial score (nSPS) is 12.6. The van der Waals surface area contributed by atoms with Gasteiger partial charge in [0.15, 0.2) is 52.3 Å². The zero-order valence-electron chi connectivity index (χ0n) is 47.2. The number of anilines is 2. The van der Waals surface area contributed by atoms with Crippen LogP contribution in [0.2, 0.25) is 0 Å². The van der Waals surface area contributed by atoms with Gasteiger partial charge in [-0.3, -0.25) is 48.3 Å². The highest BCUT2D eigenvalue weighted by Gasteiger charge is 2.32. The second kappa shape index (κ2) is 45.8. The van der Waals surface area contributed by atoms with E-state index in [0.717, 1.165) is 12.8 Å². The minimum Gasteiger partial charge on any atom is -0.481 e. The van der Waals surface area contributed by atoms with Crippen molar-refractivity contribution in [1.29, 1.82) is 0 Å². The van der Waals surface area contributed by atoms with Crippen molar-refractivity contribution in [2.24, 2.45) is 56.2 Å². The van der Waals surface area contributed by atoms with E-state index in [9.17, 15) is 48.6 Å². The summed E-state index contributed by atoms with van der Waals surface area (Å²) in [5.74, 6) is -10.9. The molecule has 1 aromatic rings. The van der Waals surface area contributed by atoms with E-state index in [4.69, 9.17) is 74.3 Å². The first kappa shape index (κ1) is 73.3. The number of carboxylic acids is 2. The zero-order valence-corrected chi connectivity index (χ0v) is 47.2. The van der Waals surface area contributed by atoms with Crippen molar-refractivity contribution in [2.45, 2.75) is 115 Å². The Labute approximate surface area is 478 Å². The highest BCUT2D eigenvalue weighted by Crippen LogP contribution is 2.22. The van der Waals surface area contributed by atoms with Crippen molar-refractivity contribution >= 4 is 70.6 Å². The number of unbranched alkanes of at least 4 members (excludes halogenated alkanes) is 1. The van der Waals surface area contributed by atoms with Crippen LogP contribution in [0.15, 0.2) is 9.98 Å². The summed E-state index contributed by atoms with van der Waals surface area (Å²) in [5, 5.41) is 26.9. The molecule has 3 amide bonds. The smallest absolute Gasteiger partial charge is 0.303 e. The van der Waals surface area contributed by atoms with Crippen LogP contribution in [0.4, 0.5) is 11.6 Å². The van der Waals surface area contributed by atoms with Crippen molar-refractivity contribution in [2.75, 3.05) is 123 Å². The SMILES string of the molecule is NCCCOCCOCCOCCCCC(=O)C(CCCN=C(N)N)NC(=O)[C@H](CCC(=O)O)CC(=O)c1nc(N)c(C(=O)N[C@@H](CCCN=C(N)N)C(=O)CC(CCC(=O)O)C(=O)NCCCOCCOCCOCCCN)nc1N. The molecule has 0 aromatic carbocycles. The summed E-state index contributed by atoms with van der Waals surface area (Å²) in [6.07, 6.45) is 0.669. The first-order chi connectivity index (χ1) is 39.3. The molecule has 0 aliphatic carbocycles. The van der Waals surface area contributed by atoms with Crippen LogP contribution in [0.3, 0.4) is 0 Å². The molecule has 4 atom stereocenters. The van der Waals surface area contributed by atoms with Crippen LogP contribution in [-0.4, -0.2) is 203 Å². The number of hydrogen-bond acceptors (Lipinski definition) is 22. The van der Waals surface area contributed by atoms with E-state index in [0.29, 0.717) is 105 Å². The number of nitrogen functional groups attached to an aromatic ring is 2. The van der Waals surface area contributed by atoms with Crippen molar-refractivity contribution in [1.82, 2.24) is 25.9 Å².